The molecule has 0 saturated carbocycles. The summed E-state index contributed by atoms with van der Waals surface area (Å²) in [6.07, 6.45) is 0. The van der Waals surface area contributed by atoms with Crippen LogP contribution in [0.25, 0.3) is 11.3 Å². The topological polar surface area (TPSA) is 71.1 Å². The molecular weight excluding hydrogens is 474 g/mol. The van der Waals surface area contributed by atoms with Crippen LogP contribution in [0, 0.1) is 6.92 Å². The maximum atomic E-state index is 12.5. The van der Waals surface area contributed by atoms with Gasteiger partial charge in [0.25, 0.3) is 5.91 Å². The van der Waals surface area contributed by atoms with Crippen LogP contribution in [0.1, 0.15) is 15.9 Å². The summed E-state index contributed by atoms with van der Waals surface area (Å²) in [6, 6.07) is 22.3. The number of nitrogens with one attached hydrogen (secondary N) is 2. The lowest BCUT2D eigenvalue weighted by Crippen LogP contribution is -2.14. The first-order valence-corrected chi connectivity index (χ1v) is 12.3. The first-order chi connectivity index (χ1) is 16.0. The van der Waals surface area contributed by atoms with Crippen LogP contribution < -0.4 is 10.6 Å². The average molecular weight is 494 g/mol. The molecule has 0 aliphatic rings. The van der Waals surface area contributed by atoms with Gasteiger partial charge in [-0.1, -0.05) is 47.5 Å². The van der Waals surface area contributed by atoms with E-state index in [4.69, 9.17) is 11.6 Å². The first-order valence-electron chi connectivity index (χ1n) is 10.1. The number of hydrogen-bond acceptors (Lipinski definition) is 5. The molecule has 1 heterocycles. The molecule has 0 aliphatic carbocycles. The van der Waals surface area contributed by atoms with E-state index in [9.17, 15) is 9.59 Å². The van der Waals surface area contributed by atoms with E-state index in [1.807, 2.05) is 79.0 Å². The Balaban J connectivity index is 1.31. The second kappa shape index (κ2) is 10.7. The first kappa shape index (κ1) is 23.0. The van der Waals surface area contributed by atoms with Crippen molar-refractivity contribution in [2.24, 2.45) is 0 Å². The standard InChI is InChI=1S/C25H20ClN3O2S2/c1-16-4-2-5-18(12-16)24(31)27-20-6-3-7-21(13-20)32-15-23(30)29-25-28-22(14-33-25)17-8-10-19(26)11-9-17/h2-14H,15H2,1H3,(H,27,31)(H,28,29,30). The Bertz CT molecular complexity index is 1290. The third-order valence-corrected chi connectivity index (χ3v) is 6.64. The summed E-state index contributed by atoms with van der Waals surface area (Å²) in [5.41, 5.74) is 4.04. The lowest BCUT2D eigenvalue weighted by molar-refractivity contribution is -0.113. The number of thioether (sulfide) groups is 1. The molecule has 0 atom stereocenters. The fourth-order valence-electron chi connectivity index (χ4n) is 3.04. The van der Waals surface area contributed by atoms with Gasteiger partial charge in [-0.2, -0.15) is 0 Å². The predicted octanol–water partition coefficient (Wildman–Crippen LogP) is 6.76. The van der Waals surface area contributed by atoms with Crippen molar-refractivity contribution in [1.29, 1.82) is 0 Å². The summed E-state index contributed by atoms with van der Waals surface area (Å²) in [4.78, 5) is 30.2. The van der Waals surface area contributed by atoms with Gasteiger partial charge in [0, 0.05) is 32.1 Å². The molecule has 5 nitrogen and oxygen atoms in total. The van der Waals surface area contributed by atoms with Gasteiger partial charge >= 0.3 is 0 Å². The zero-order valence-electron chi connectivity index (χ0n) is 17.7. The molecule has 0 radical (unpaired) electrons. The van der Waals surface area contributed by atoms with Crippen molar-refractivity contribution < 1.29 is 9.59 Å². The maximum Gasteiger partial charge on any atom is 0.255 e. The van der Waals surface area contributed by atoms with E-state index in [1.165, 1.54) is 23.1 Å². The molecule has 3 aromatic carbocycles. The average Bonchev–Trinajstić information content (AvgIpc) is 3.27. The smallest absolute Gasteiger partial charge is 0.255 e. The van der Waals surface area contributed by atoms with Crippen LogP contribution in [0.5, 0.6) is 0 Å². The van der Waals surface area contributed by atoms with Gasteiger partial charge in [0.15, 0.2) is 5.13 Å². The minimum absolute atomic E-state index is 0.147. The number of rotatable bonds is 7. The van der Waals surface area contributed by atoms with Crippen LogP contribution >= 0.6 is 34.7 Å². The van der Waals surface area contributed by atoms with E-state index in [0.717, 1.165) is 21.7 Å². The van der Waals surface area contributed by atoms with Crippen molar-refractivity contribution in [3.63, 3.8) is 0 Å². The Morgan fingerprint density at radius 1 is 1.00 bits per heavy atom. The van der Waals surface area contributed by atoms with Crippen LogP contribution in [-0.2, 0) is 4.79 Å². The molecule has 2 N–H and O–H groups in total. The number of anilines is 2. The molecule has 0 fully saturated rings. The van der Waals surface area contributed by atoms with Crippen LogP contribution in [0.3, 0.4) is 0 Å². The van der Waals surface area contributed by atoms with Crippen molar-refractivity contribution in [3.8, 4) is 11.3 Å². The number of carbonyl (C=O) groups is 2. The summed E-state index contributed by atoms with van der Waals surface area (Å²) >= 11 is 8.69. The number of halogens is 1. The van der Waals surface area contributed by atoms with Gasteiger partial charge in [-0.15, -0.1) is 23.1 Å². The molecule has 4 aromatic rings. The molecule has 4 rings (SSSR count). The Labute approximate surface area is 205 Å². The quantitative estimate of drug-likeness (QED) is 0.279. The van der Waals surface area contributed by atoms with Crippen molar-refractivity contribution in [3.05, 3.63) is 94.3 Å². The molecule has 1 aromatic heterocycles. The number of hydrogen-bond donors (Lipinski definition) is 2. The molecule has 2 amide bonds. The summed E-state index contributed by atoms with van der Waals surface area (Å²) in [7, 11) is 0. The van der Waals surface area contributed by atoms with E-state index in [0.29, 0.717) is 21.4 Å². The number of carbonyl (C=O) groups excluding carboxylic acids is 2. The number of aryl methyl sites for hydroxylation is 1. The van der Waals surface area contributed by atoms with Gasteiger partial charge in [-0.3, -0.25) is 9.59 Å². The fraction of sp³-hybridized carbons (Fsp3) is 0.0800. The van der Waals surface area contributed by atoms with Crippen LogP contribution in [0.15, 0.2) is 83.1 Å². The predicted molar refractivity (Wildman–Crippen MR) is 137 cm³/mol. The summed E-state index contributed by atoms with van der Waals surface area (Å²) in [5.74, 6) is -0.0874. The van der Waals surface area contributed by atoms with Crippen molar-refractivity contribution in [2.45, 2.75) is 11.8 Å². The minimum atomic E-state index is -0.168. The van der Waals surface area contributed by atoms with Crippen LogP contribution in [-0.4, -0.2) is 22.6 Å². The highest BCUT2D eigenvalue weighted by Crippen LogP contribution is 2.27. The number of aromatic nitrogens is 1. The highest BCUT2D eigenvalue weighted by molar-refractivity contribution is 8.00. The highest BCUT2D eigenvalue weighted by Gasteiger charge is 2.10. The zero-order chi connectivity index (χ0) is 23.2. The lowest BCUT2D eigenvalue weighted by atomic mass is 10.1. The summed E-state index contributed by atoms with van der Waals surface area (Å²) in [6.45, 7) is 1.95. The van der Waals surface area contributed by atoms with Gasteiger partial charge in [-0.25, -0.2) is 4.98 Å². The van der Waals surface area contributed by atoms with E-state index in [-0.39, 0.29) is 17.6 Å². The van der Waals surface area contributed by atoms with Gasteiger partial charge < -0.3 is 10.6 Å². The molecule has 33 heavy (non-hydrogen) atoms. The van der Waals surface area contributed by atoms with Gasteiger partial charge in [0.05, 0.1) is 11.4 Å². The molecule has 0 saturated heterocycles. The number of nitrogens with zero attached hydrogens (tertiary/aromatic N) is 1. The van der Waals surface area contributed by atoms with Gasteiger partial charge in [0.2, 0.25) is 5.91 Å². The molecule has 0 spiro atoms. The largest absolute Gasteiger partial charge is 0.322 e. The molecule has 166 valence electrons. The number of benzene rings is 3. The van der Waals surface area contributed by atoms with E-state index in [1.54, 1.807) is 6.07 Å². The highest BCUT2D eigenvalue weighted by atomic mass is 35.5. The SMILES string of the molecule is Cc1cccc(C(=O)Nc2cccc(SCC(=O)Nc3nc(-c4ccc(Cl)cc4)cs3)c2)c1. The summed E-state index contributed by atoms with van der Waals surface area (Å²) < 4.78 is 0. The second-order valence-electron chi connectivity index (χ2n) is 7.23. The normalized spacial score (nSPS) is 10.6. The van der Waals surface area contributed by atoms with Gasteiger partial charge in [-0.05, 0) is 49.4 Å². The zero-order valence-corrected chi connectivity index (χ0v) is 20.1. The van der Waals surface area contributed by atoms with E-state index in [2.05, 4.69) is 15.6 Å². The van der Waals surface area contributed by atoms with E-state index < -0.39 is 0 Å². The third kappa shape index (κ3) is 6.44. The Morgan fingerprint density at radius 3 is 2.58 bits per heavy atom. The lowest BCUT2D eigenvalue weighted by Gasteiger charge is -2.08. The molecule has 0 unspecified atom stereocenters. The number of amides is 2. The maximum absolute atomic E-state index is 12.5. The second-order valence-corrected chi connectivity index (χ2v) is 9.58. The summed E-state index contributed by atoms with van der Waals surface area (Å²) in [5, 5.41) is 8.85. The molecule has 8 heteroatoms. The molecule has 0 bridgehead atoms. The van der Waals surface area contributed by atoms with Crippen molar-refractivity contribution in [2.75, 3.05) is 16.4 Å². The Morgan fingerprint density at radius 2 is 1.79 bits per heavy atom. The van der Waals surface area contributed by atoms with Crippen molar-refractivity contribution >= 4 is 57.3 Å². The fourth-order valence-corrected chi connectivity index (χ4v) is 4.66. The Hall–Kier alpha value is -3.13. The molecule has 0 aliphatic heterocycles. The van der Waals surface area contributed by atoms with Gasteiger partial charge in [0.1, 0.15) is 0 Å². The van der Waals surface area contributed by atoms with Crippen LogP contribution in [0.4, 0.5) is 10.8 Å². The Kier molecular flexibility index (Phi) is 7.44. The minimum Gasteiger partial charge on any atom is -0.322 e. The molecular formula is C25H20ClN3O2S2. The third-order valence-electron chi connectivity index (χ3n) is 4.63. The van der Waals surface area contributed by atoms with Crippen LogP contribution in [0.2, 0.25) is 5.02 Å². The van der Waals surface area contributed by atoms with Crippen molar-refractivity contribution in [1.82, 2.24) is 4.98 Å². The number of thiazole rings is 1. The van der Waals surface area contributed by atoms with E-state index >= 15 is 0 Å². The monoisotopic (exact) mass is 493 g/mol.